The number of rotatable bonds is 5. The highest BCUT2D eigenvalue weighted by Crippen LogP contribution is 2.17. The van der Waals surface area contributed by atoms with Crippen LogP contribution in [-0.4, -0.2) is 34.5 Å². The lowest BCUT2D eigenvalue weighted by Crippen LogP contribution is -2.41. The van der Waals surface area contributed by atoms with Crippen LogP contribution in [0.1, 0.15) is 27.2 Å². The molecule has 0 saturated heterocycles. The van der Waals surface area contributed by atoms with Gasteiger partial charge in [0.15, 0.2) is 5.60 Å². The first-order chi connectivity index (χ1) is 5.42. The fourth-order valence-electron chi connectivity index (χ4n) is 1.09. The van der Waals surface area contributed by atoms with Gasteiger partial charge < -0.3 is 14.9 Å². The Kier molecular flexibility index (Phi) is 4.20. The summed E-state index contributed by atoms with van der Waals surface area (Å²) >= 11 is 0. The zero-order chi connectivity index (χ0) is 9.78. The van der Waals surface area contributed by atoms with Gasteiger partial charge in [0.05, 0.1) is 6.10 Å². The molecule has 0 aromatic carbocycles. The van der Waals surface area contributed by atoms with Crippen molar-refractivity contribution in [2.75, 3.05) is 6.61 Å². The zero-order valence-electron chi connectivity index (χ0n) is 7.70. The Morgan fingerprint density at radius 2 is 2.17 bits per heavy atom. The Hall–Kier alpha value is -0.610. The Bertz CT molecular complexity index is 155. The molecule has 0 fully saturated rings. The second kappa shape index (κ2) is 4.42. The zero-order valence-corrected chi connectivity index (χ0v) is 7.70. The fraction of sp³-hybridized carbons (Fsp3) is 0.875. The summed E-state index contributed by atoms with van der Waals surface area (Å²) in [7, 11) is 0. The number of hydrogen-bond acceptors (Lipinski definition) is 3. The molecule has 4 nitrogen and oxygen atoms in total. The number of carboxylic acids is 1. The number of aliphatic hydroxyl groups is 1. The van der Waals surface area contributed by atoms with Gasteiger partial charge in [0, 0.05) is 13.0 Å². The number of hydrogen-bond donors (Lipinski definition) is 2. The van der Waals surface area contributed by atoms with Crippen molar-refractivity contribution in [3.8, 4) is 0 Å². The molecule has 0 amide bonds. The van der Waals surface area contributed by atoms with Crippen LogP contribution in [0, 0.1) is 0 Å². The highest BCUT2D eigenvalue weighted by Gasteiger charge is 2.34. The normalized spacial score (nSPS) is 18.3. The van der Waals surface area contributed by atoms with Crippen molar-refractivity contribution in [3.05, 3.63) is 0 Å². The Morgan fingerprint density at radius 3 is 2.42 bits per heavy atom. The monoisotopic (exact) mass is 176 g/mol. The van der Waals surface area contributed by atoms with Gasteiger partial charge in [0.1, 0.15) is 0 Å². The van der Waals surface area contributed by atoms with Gasteiger partial charge in [-0.05, 0) is 20.8 Å². The van der Waals surface area contributed by atoms with E-state index in [1.165, 1.54) is 6.92 Å². The number of aliphatic hydroxyl groups excluding tert-OH is 1. The maximum absolute atomic E-state index is 10.7. The Morgan fingerprint density at radius 1 is 1.67 bits per heavy atom. The van der Waals surface area contributed by atoms with Gasteiger partial charge in [0.2, 0.25) is 0 Å². The molecule has 4 heteroatoms. The SMILES string of the molecule is CCOC(C)(CC(C)O)C(=O)O. The van der Waals surface area contributed by atoms with Gasteiger partial charge >= 0.3 is 5.97 Å². The third-order valence-corrected chi connectivity index (χ3v) is 1.60. The van der Waals surface area contributed by atoms with E-state index < -0.39 is 17.7 Å². The fourth-order valence-corrected chi connectivity index (χ4v) is 1.09. The van der Waals surface area contributed by atoms with E-state index in [9.17, 15) is 4.79 Å². The summed E-state index contributed by atoms with van der Waals surface area (Å²) in [5.41, 5.74) is -1.26. The molecule has 2 atom stereocenters. The predicted molar refractivity (Wildman–Crippen MR) is 44.0 cm³/mol. The summed E-state index contributed by atoms with van der Waals surface area (Å²) in [6.45, 7) is 5.06. The summed E-state index contributed by atoms with van der Waals surface area (Å²) in [6, 6.07) is 0. The van der Waals surface area contributed by atoms with Crippen molar-refractivity contribution in [3.63, 3.8) is 0 Å². The summed E-state index contributed by atoms with van der Waals surface area (Å²) in [6.07, 6.45) is -0.562. The van der Waals surface area contributed by atoms with Crippen LogP contribution in [0.25, 0.3) is 0 Å². The maximum atomic E-state index is 10.7. The standard InChI is InChI=1S/C8H16O4/c1-4-12-8(3,7(10)11)5-6(2)9/h6,9H,4-5H2,1-3H3,(H,10,11). The summed E-state index contributed by atoms with van der Waals surface area (Å²) in [5.74, 6) is -1.04. The van der Waals surface area contributed by atoms with Crippen molar-refractivity contribution in [1.82, 2.24) is 0 Å². The number of carboxylic acid groups (broad SMARTS) is 1. The molecule has 0 aliphatic rings. The minimum absolute atomic E-state index is 0.107. The van der Waals surface area contributed by atoms with E-state index in [0.717, 1.165) is 0 Å². The lowest BCUT2D eigenvalue weighted by atomic mass is 9.99. The molecule has 2 unspecified atom stereocenters. The van der Waals surface area contributed by atoms with Crippen molar-refractivity contribution in [1.29, 1.82) is 0 Å². The van der Waals surface area contributed by atoms with Crippen LogP contribution in [0.3, 0.4) is 0 Å². The van der Waals surface area contributed by atoms with E-state index in [1.807, 2.05) is 0 Å². The average molecular weight is 176 g/mol. The van der Waals surface area contributed by atoms with Crippen LogP contribution in [0.15, 0.2) is 0 Å². The summed E-state index contributed by atoms with van der Waals surface area (Å²) < 4.78 is 5.04. The van der Waals surface area contributed by atoms with Crippen molar-refractivity contribution < 1.29 is 19.7 Å². The van der Waals surface area contributed by atoms with Crippen LogP contribution in [0.2, 0.25) is 0 Å². The molecule has 0 aromatic rings. The minimum Gasteiger partial charge on any atom is -0.479 e. The first-order valence-electron chi connectivity index (χ1n) is 3.97. The predicted octanol–water partition coefficient (Wildman–Crippen LogP) is 0.637. The maximum Gasteiger partial charge on any atom is 0.335 e. The first-order valence-corrected chi connectivity index (χ1v) is 3.97. The molecule has 2 N–H and O–H groups in total. The molecule has 72 valence electrons. The van der Waals surface area contributed by atoms with Crippen LogP contribution in [0.5, 0.6) is 0 Å². The third-order valence-electron chi connectivity index (χ3n) is 1.60. The summed E-state index contributed by atoms with van der Waals surface area (Å²) in [5, 5.41) is 17.8. The molecular weight excluding hydrogens is 160 g/mol. The topological polar surface area (TPSA) is 66.8 Å². The van der Waals surface area contributed by atoms with Gasteiger partial charge in [-0.25, -0.2) is 4.79 Å². The number of carbonyl (C=O) groups is 1. The molecule has 0 bridgehead atoms. The Balaban J connectivity index is 4.28. The Labute approximate surface area is 72.2 Å². The largest absolute Gasteiger partial charge is 0.479 e. The van der Waals surface area contributed by atoms with Crippen molar-refractivity contribution in [2.45, 2.75) is 38.9 Å². The van der Waals surface area contributed by atoms with Crippen LogP contribution >= 0.6 is 0 Å². The van der Waals surface area contributed by atoms with Crippen molar-refractivity contribution in [2.24, 2.45) is 0 Å². The van der Waals surface area contributed by atoms with E-state index in [0.29, 0.717) is 6.61 Å². The van der Waals surface area contributed by atoms with Gasteiger partial charge in [-0.15, -0.1) is 0 Å². The van der Waals surface area contributed by atoms with Gasteiger partial charge in [-0.2, -0.15) is 0 Å². The van der Waals surface area contributed by atoms with E-state index >= 15 is 0 Å². The van der Waals surface area contributed by atoms with Crippen LogP contribution < -0.4 is 0 Å². The quantitative estimate of drug-likeness (QED) is 0.645. The van der Waals surface area contributed by atoms with E-state index in [1.54, 1.807) is 13.8 Å². The molecule has 0 radical (unpaired) electrons. The smallest absolute Gasteiger partial charge is 0.335 e. The van der Waals surface area contributed by atoms with E-state index in [2.05, 4.69) is 0 Å². The second-order valence-electron chi connectivity index (χ2n) is 3.02. The highest BCUT2D eigenvalue weighted by atomic mass is 16.5. The molecule has 0 aliphatic heterocycles. The van der Waals surface area contributed by atoms with Gasteiger partial charge in [-0.3, -0.25) is 0 Å². The summed E-state index contributed by atoms with van der Waals surface area (Å²) in [4.78, 5) is 10.7. The molecule has 0 spiro atoms. The van der Waals surface area contributed by atoms with Crippen molar-refractivity contribution >= 4 is 5.97 Å². The minimum atomic E-state index is -1.26. The molecular formula is C8H16O4. The van der Waals surface area contributed by atoms with Crippen LogP contribution in [0.4, 0.5) is 0 Å². The first kappa shape index (κ1) is 11.4. The molecule has 12 heavy (non-hydrogen) atoms. The van der Waals surface area contributed by atoms with Gasteiger partial charge in [-0.1, -0.05) is 0 Å². The number of aliphatic carboxylic acids is 1. The third kappa shape index (κ3) is 3.19. The van der Waals surface area contributed by atoms with E-state index in [-0.39, 0.29) is 6.42 Å². The van der Waals surface area contributed by atoms with Crippen LogP contribution in [-0.2, 0) is 9.53 Å². The molecule has 0 saturated carbocycles. The molecule has 0 aromatic heterocycles. The number of ether oxygens (including phenoxy) is 1. The average Bonchev–Trinajstić information content (AvgIpc) is 1.85. The van der Waals surface area contributed by atoms with Gasteiger partial charge in [0.25, 0.3) is 0 Å². The molecule has 0 aliphatic carbocycles. The highest BCUT2D eigenvalue weighted by molar-refractivity contribution is 5.76. The molecule has 0 rings (SSSR count). The lowest BCUT2D eigenvalue weighted by molar-refractivity contribution is -0.166. The molecule has 0 heterocycles. The van der Waals surface area contributed by atoms with E-state index in [4.69, 9.17) is 14.9 Å². The lowest BCUT2D eigenvalue weighted by Gasteiger charge is -2.25. The second-order valence-corrected chi connectivity index (χ2v) is 3.02.